The molecule has 3 unspecified atom stereocenters. The van der Waals surface area contributed by atoms with Crippen LogP contribution in [0.3, 0.4) is 0 Å². The molecule has 3 rings (SSSR count). The van der Waals surface area contributed by atoms with Gasteiger partial charge in [-0.1, -0.05) is 18.2 Å². The Hall–Kier alpha value is -0.510. The Kier molecular flexibility index (Phi) is 3.88. The largest absolute Gasteiger partial charge is 0.369 e. The van der Waals surface area contributed by atoms with Crippen LogP contribution in [-0.4, -0.2) is 29.5 Å². The predicted molar refractivity (Wildman–Crippen MR) is 90.0 cm³/mol. The fourth-order valence-electron chi connectivity index (χ4n) is 4.22. The van der Waals surface area contributed by atoms with Crippen molar-refractivity contribution in [2.45, 2.75) is 67.9 Å². The van der Waals surface area contributed by atoms with Crippen molar-refractivity contribution in [3.63, 3.8) is 0 Å². The SMILES string of the molecule is CNC(C1Cc2ccccc2S1)C1CC(C)(C)OC1(C)C. The van der Waals surface area contributed by atoms with Crippen molar-refractivity contribution in [1.82, 2.24) is 5.32 Å². The van der Waals surface area contributed by atoms with Crippen LogP contribution in [0.15, 0.2) is 29.2 Å². The lowest BCUT2D eigenvalue weighted by atomic mass is 9.79. The first-order valence-electron chi connectivity index (χ1n) is 7.94. The van der Waals surface area contributed by atoms with Gasteiger partial charge in [-0.05, 0) is 59.2 Å². The zero-order chi connectivity index (χ0) is 15.3. The molecular weight excluding hydrogens is 278 g/mol. The van der Waals surface area contributed by atoms with Crippen LogP contribution >= 0.6 is 11.8 Å². The quantitative estimate of drug-likeness (QED) is 0.915. The van der Waals surface area contributed by atoms with Crippen molar-refractivity contribution in [2.75, 3.05) is 7.05 Å². The number of hydrogen-bond acceptors (Lipinski definition) is 3. The van der Waals surface area contributed by atoms with Gasteiger partial charge in [-0.25, -0.2) is 0 Å². The van der Waals surface area contributed by atoms with Crippen molar-refractivity contribution >= 4 is 11.8 Å². The van der Waals surface area contributed by atoms with Gasteiger partial charge in [0.2, 0.25) is 0 Å². The molecule has 2 aliphatic heterocycles. The number of thioether (sulfide) groups is 1. The summed E-state index contributed by atoms with van der Waals surface area (Å²) < 4.78 is 6.32. The second-order valence-electron chi connectivity index (χ2n) is 7.56. The first-order valence-corrected chi connectivity index (χ1v) is 8.82. The van der Waals surface area contributed by atoms with Gasteiger partial charge in [-0.15, -0.1) is 11.8 Å². The average Bonchev–Trinajstić information content (AvgIpc) is 2.88. The van der Waals surface area contributed by atoms with Gasteiger partial charge in [0.25, 0.3) is 0 Å². The molecule has 0 aliphatic carbocycles. The van der Waals surface area contributed by atoms with E-state index in [0.717, 1.165) is 6.42 Å². The molecule has 0 bridgehead atoms. The highest BCUT2D eigenvalue weighted by Gasteiger charge is 2.51. The molecule has 1 aromatic carbocycles. The maximum atomic E-state index is 6.32. The van der Waals surface area contributed by atoms with E-state index in [1.807, 2.05) is 11.8 Å². The molecule has 3 heteroatoms. The zero-order valence-corrected chi connectivity index (χ0v) is 14.6. The summed E-state index contributed by atoms with van der Waals surface area (Å²) in [6.07, 6.45) is 2.29. The van der Waals surface area contributed by atoms with Crippen LogP contribution in [0.5, 0.6) is 0 Å². The van der Waals surface area contributed by atoms with Crippen LogP contribution in [0, 0.1) is 5.92 Å². The summed E-state index contributed by atoms with van der Waals surface area (Å²) in [5.74, 6) is 0.546. The van der Waals surface area contributed by atoms with E-state index < -0.39 is 0 Å². The Balaban J connectivity index is 1.81. The molecule has 0 saturated carbocycles. The summed E-state index contributed by atoms with van der Waals surface area (Å²) in [5, 5.41) is 4.22. The third kappa shape index (κ3) is 2.88. The summed E-state index contributed by atoms with van der Waals surface area (Å²) in [6.45, 7) is 8.95. The summed E-state index contributed by atoms with van der Waals surface area (Å²) in [4.78, 5) is 1.46. The van der Waals surface area contributed by atoms with E-state index >= 15 is 0 Å². The van der Waals surface area contributed by atoms with Gasteiger partial charge < -0.3 is 10.1 Å². The standard InChI is InChI=1S/C18H27NOS/c1-17(2)11-13(18(3,4)20-17)16(19-5)15-10-12-8-6-7-9-14(12)21-15/h6-9,13,15-16,19H,10-11H2,1-5H3. The number of fused-ring (bicyclic) bond motifs is 1. The lowest BCUT2D eigenvalue weighted by molar-refractivity contribution is -0.0774. The molecule has 2 heterocycles. The van der Waals surface area contributed by atoms with Crippen LogP contribution in [0.2, 0.25) is 0 Å². The molecule has 116 valence electrons. The van der Waals surface area contributed by atoms with Gasteiger partial charge in [0.1, 0.15) is 0 Å². The lowest BCUT2D eigenvalue weighted by Crippen LogP contribution is -2.48. The summed E-state index contributed by atoms with van der Waals surface area (Å²) in [6, 6.07) is 9.32. The van der Waals surface area contributed by atoms with E-state index in [0.29, 0.717) is 17.2 Å². The smallest absolute Gasteiger partial charge is 0.0678 e. The fourth-order valence-corrected chi connectivity index (χ4v) is 5.74. The molecule has 0 aromatic heterocycles. The second-order valence-corrected chi connectivity index (χ2v) is 8.84. The number of nitrogens with one attached hydrogen (secondary N) is 1. The fraction of sp³-hybridized carbons (Fsp3) is 0.667. The molecule has 2 aliphatic rings. The molecule has 1 aromatic rings. The molecular formula is C18H27NOS. The van der Waals surface area contributed by atoms with Gasteiger partial charge in [-0.3, -0.25) is 0 Å². The minimum absolute atomic E-state index is 0.0145. The Bertz CT molecular complexity index is 501. The summed E-state index contributed by atoms with van der Waals surface area (Å²) >= 11 is 2.04. The first-order chi connectivity index (χ1) is 9.82. The zero-order valence-electron chi connectivity index (χ0n) is 13.8. The van der Waals surface area contributed by atoms with Crippen molar-refractivity contribution in [3.05, 3.63) is 29.8 Å². The van der Waals surface area contributed by atoms with Crippen LogP contribution < -0.4 is 5.32 Å². The number of benzene rings is 1. The normalized spacial score (nSPS) is 31.1. The van der Waals surface area contributed by atoms with E-state index in [1.165, 1.54) is 16.9 Å². The molecule has 0 spiro atoms. The highest BCUT2D eigenvalue weighted by Crippen LogP contribution is 2.48. The third-order valence-electron chi connectivity index (χ3n) is 4.98. The predicted octanol–water partition coefficient (Wildman–Crippen LogP) is 3.89. The van der Waals surface area contributed by atoms with Crippen LogP contribution in [0.25, 0.3) is 0 Å². The van der Waals surface area contributed by atoms with E-state index in [9.17, 15) is 0 Å². The molecule has 0 amide bonds. The summed E-state index contributed by atoms with van der Waals surface area (Å²) in [5.41, 5.74) is 1.43. The van der Waals surface area contributed by atoms with Gasteiger partial charge in [0, 0.05) is 22.1 Å². The number of ether oxygens (including phenoxy) is 1. The molecule has 1 fully saturated rings. The first kappa shape index (κ1) is 15.4. The monoisotopic (exact) mass is 305 g/mol. The molecule has 0 radical (unpaired) electrons. The van der Waals surface area contributed by atoms with Crippen molar-refractivity contribution < 1.29 is 4.74 Å². The molecule has 1 saturated heterocycles. The summed E-state index contributed by atoms with van der Waals surface area (Å²) in [7, 11) is 2.11. The van der Waals surface area contributed by atoms with Gasteiger partial charge in [-0.2, -0.15) is 0 Å². The lowest BCUT2D eigenvalue weighted by Gasteiger charge is -2.35. The van der Waals surface area contributed by atoms with Crippen molar-refractivity contribution in [3.8, 4) is 0 Å². The topological polar surface area (TPSA) is 21.3 Å². The van der Waals surface area contributed by atoms with Gasteiger partial charge in [0.15, 0.2) is 0 Å². The minimum atomic E-state index is -0.0630. The van der Waals surface area contributed by atoms with Crippen molar-refractivity contribution in [1.29, 1.82) is 0 Å². The molecule has 3 atom stereocenters. The van der Waals surface area contributed by atoms with E-state index in [2.05, 4.69) is 64.3 Å². The maximum absolute atomic E-state index is 6.32. The van der Waals surface area contributed by atoms with Crippen molar-refractivity contribution in [2.24, 2.45) is 5.92 Å². The van der Waals surface area contributed by atoms with Crippen LogP contribution in [-0.2, 0) is 11.2 Å². The molecule has 21 heavy (non-hydrogen) atoms. The van der Waals surface area contributed by atoms with E-state index in [4.69, 9.17) is 4.74 Å². The van der Waals surface area contributed by atoms with Gasteiger partial charge >= 0.3 is 0 Å². The van der Waals surface area contributed by atoms with Crippen LogP contribution in [0.4, 0.5) is 0 Å². The Morgan fingerprint density at radius 2 is 1.95 bits per heavy atom. The highest BCUT2D eigenvalue weighted by atomic mass is 32.2. The van der Waals surface area contributed by atoms with Gasteiger partial charge in [0.05, 0.1) is 11.2 Å². The highest BCUT2D eigenvalue weighted by molar-refractivity contribution is 8.00. The average molecular weight is 305 g/mol. The minimum Gasteiger partial charge on any atom is -0.369 e. The Labute approximate surface area is 133 Å². The number of rotatable bonds is 3. The Morgan fingerprint density at radius 3 is 2.52 bits per heavy atom. The third-order valence-corrected chi connectivity index (χ3v) is 6.40. The van der Waals surface area contributed by atoms with E-state index in [1.54, 1.807) is 0 Å². The second kappa shape index (κ2) is 5.29. The van der Waals surface area contributed by atoms with E-state index in [-0.39, 0.29) is 11.2 Å². The maximum Gasteiger partial charge on any atom is 0.0678 e. The Morgan fingerprint density at radius 1 is 1.24 bits per heavy atom. The molecule has 2 nitrogen and oxygen atoms in total. The molecule has 1 N–H and O–H groups in total. The number of hydrogen-bond donors (Lipinski definition) is 1. The van der Waals surface area contributed by atoms with Crippen LogP contribution in [0.1, 0.15) is 39.7 Å².